The lowest BCUT2D eigenvalue weighted by atomic mass is 9.93. The number of allylic oxidation sites excluding steroid dienone is 1. The maximum Gasteiger partial charge on any atom is 0.269 e. The maximum absolute atomic E-state index is 13.9. The topological polar surface area (TPSA) is 115 Å². The number of benzene rings is 6. The van der Waals surface area contributed by atoms with Gasteiger partial charge in [0.15, 0.2) is 12.2 Å². The van der Waals surface area contributed by atoms with Crippen LogP contribution in [-0.2, 0) is 19.2 Å². The van der Waals surface area contributed by atoms with Crippen LogP contribution in [0, 0.1) is 37.5 Å². The van der Waals surface area contributed by atoms with Gasteiger partial charge in [0.05, 0.1) is 21.4 Å². The van der Waals surface area contributed by atoms with Gasteiger partial charge in [0.2, 0.25) is 11.1 Å². The van der Waals surface area contributed by atoms with Gasteiger partial charge in [-0.2, -0.15) is 0 Å². The summed E-state index contributed by atoms with van der Waals surface area (Å²) in [5.41, 5.74) is 7.83. The van der Waals surface area contributed by atoms with Crippen LogP contribution < -0.4 is 24.6 Å². The molecule has 4 saturated heterocycles. The molecule has 0 radical (unpaired) electrons. The summed E-state index contributed by atoms with van der Waals surface area (Å²) >= 11 is 18.6. The summed E-state index contributed by atoms with van der Waals surface area (Å²) in [4.78, 5) is 59.5. The Morgan fingerprint density at radius 3 is 1.39 bits per heavy atom. The van der Waals surface area contributed by atoms with Crippen LogP contribution in [0.1, 0.15) is 63.5 Å². The van der Waals surface area contributed by atoms with E-state index in [0.717, 1.165) is 125 Å². The minimum absolute atomic E-state index is 0.0339. The van der Waals surface area contributed by atoms with Crippen molar-refractivity contribution >= 4 is 90.7 Å². The lowest BCUT2D eigenvalue weighted by Gasteiger charge is -2.44. The first-order valence-electron chi connectivity index (χ1n) is 29.6. The van der Waals surface area contributed by atoms with E-state index in [1.165, 1.54) is 42.7 Å². The summed E-state index contributed by atoms with van der Waals surface area (Å²) in [5.74, 6) is 3.60. The molecule has 0 aromatic heterocycles. The minimum atomic E-state index is -0.588. The number of ether oxygens (including phenoxy) is 2. The van der Waals surface area contributed by atoms with E-state index in [2.05, 4.69) is 123 Å². The fourth-order valence-corrected chi connectivity index (χ4v) is 13.2. The van der Waals surface area contributed by atoms with E-state index in [0.29, 0.717) is 66.7 Å². The molecule has 6 aromatic rings. The van der Waals surface area contributed by atoms with Crippen molar-refractivity contribution in [3.63, 3.8) is 0 Å². The van der Waals surface area contributed by atoms with E-state index in [1.54, 1.807) is 4.90 Å². The summed E-state index contributed by atoms with van der Waals surface area (Å²) in [5, 5.41) is 8.69. The largest absolute Gasteiger partial charge is 0.477 e. The van der Waals surface area contributed by atoms with Crippen molar-refractivity contribution in [3.8, 4) is 33.8 Å². The summed E-state index contributed by atoms with van der Waals surface area (Å²) in [6, 6.07) is 33.4. The number of hydrogen-bond donors (Lipinski definition) is 1. The monoisotopic (exact) mass is 1180 g/mol. The zero-order valence-electron chi connectivity index (χ0n) is 48.3. The van der Waals surface area contributed by atoms with Crippen LogP contribution in [0.5, 0.6) is 11.5 Å². The Morgan fingerprint density at radius 2 is 1.00 bits per heavy atom. The highest BCUT2D eigenvalue weighted by Crippen LogP contribution is 2.47. The third-order valence-corrected chi connectivity index (χ3v) is 18.4. The summed E-state index contributed by atoms with van der Waals surface area (Å²) in [6.45, 7) is 25.0. The van der Waals surface area contributed by atoms with Gasteiger partial charge >= 0.3 is 0 Å². The molecule has 2 atom stereocenters. The number of likely N-dealkylation sites (tertiary alicyclic amines) is 3. The Morgan fingerprint density at radius 1 is 0.578 bits per heavy atom. The molecular formula is C68H77Cl3N6O6. The summed E-state index contributed by atoms with van der Waals surface area (Å²) in [6.07, 6.45) is 8.47. The van der Waals surface area contributed by atoms with Gasteiger partial charge in [-0.05, 0) is 169 Å². The van der Waals surface area contributed by atoms with E-state index in [4.69, 9.17) is 44.3 Å². The smallest absolute Gasteiger partial charge is 0.269 e. The molecule has 6 aliphatic rings. The van der Waals surface area contributed by atoms with Crippen LogP contribution >= 0.6 is 34.8 Å². The average molecular weight is 1180 g/mol. The van der Waals surface area contributed by atoms with Crippen molar-refractivity contribution in [2.24, 2.45) is 23.7 Å². The fraction of sp³-hybridized carbons (Fsp3) is 0.412. The highest BCUT2D eigenvalue weighted by atomic mass is 35.5. The number of carbonyl (C=O) groups is 4. The quantitative estimate of drug-likeness (QED) is 0.0841. The normalized spacial score (nSPS) is 19.7. The van der Waals surface area contributed by atoms with Crippen LogP contribution in [0.25, 0.3) is 43.8 Å². The Labute approximate surface area is 504 Å². The van der Waals surface area contributed by atoms with Gasteiger partial charge in [0.1, 0.15) is 11.5 Å². The van der Waals surface area contributed by atoms with Crippen LogP contribution in [-0.4, -0.2) is 128 Å². The van der Waals surface area contributed by atoms with Gasteiger partial charge in [-0.3, -0.25) is 29.0 Å². The van der Waals surface area contributed by atoms with Crippen LogP contribution in [0.3, 0.4) is 0 Å². The third kappa shape index (κ3) is 13.6. The number of hydrogen-bond acceptors (Lipinski definition) is 9. The predicted molar refractivity (Wildman–Crippen MR) is 338 cm³/mol. The molecular weight excluding hydrogens is 1100 g/mol. The molecule has 4 fully saturated rings. The van der Waals surface area contributed by atoms with Crippen molar-refractivity contribution in [3.05, 3.63) is 144 Å². The number of anilines is 2. The highest BCUT2D eigenvalue weighted by Gasteiger charge is 2.42. The molecule has 15 heteroatoms. The first kappa shape index (κ1) is 59.9. The molecule has 0 spiro atoms. The Bertz CT molecular complexity index is 3400. The number of rotatable bonds is 14. The molecule has 6 aliphatic heterocycles. The van der Waals surface area contributed by atoms with E-state index in [1.807, 2.05) is 40.1 Å². The molecule has 0 saturated carbocycles. The van der Waals surface area contributed by atoms with Crippen LogP contribution in [0.15, 0.2) is 122 Å². The maximum atomic E-state index is 13.9. The van der Waals surface area contributed by atoms with Gasteiger partial charge in [0.25, 0.3) is 11.8 Å². The number of carbonyl (C=O) groups excluding carboxylic acids is 4. The number of nitrogens with zero attached hydrogens (tertiary/aromatic N) is 5. The molecule has 1 N–H and O–H groups in total. The first-order valence-corrected chi connectivity index (χ1v) is 30.8. The van der Waals surface area contributed by atoms with Crippen molar-refractivity contribution in [1.82, 2.24) is 20.0 Å². The molecule has 6 heterocycles. The molecule has 436 valence electrons. The highest BCUT2D eigenvalue weighted by molar-refractivity contribution is 6.66. The van der Waals surface area contributed by atoms with E-state index >= 15 is 0 Å². The molecule has 12 rings (SSSR count). The molecule has 12 nitrogen and oxygen atoms in total. The Balaban J connectivity index is 0.000000172. The minimum Gasteiger partial charge on any atom is -0.477 e. The van der Waals surface area contributed by atoms with Gasteiger partial charge < -0.3 is 29.5 Å². The first-order chi connectivity index (χ1) is 40.1. The zero-order chi connectivity index (χ0) is 58.5. The van der Waals surface area contributed by atoms with E-state index in [-0.39, 0.29) is 23.6 Å². The molecule has 3 amide bonds. The fourth-order valence-electron chi connectivity index (χ4n) is 12.7. The number of nitrogens with one attached hydrogen (secondary N) is 1. The number of aryl methyl sites for hydroxylation is 2. The van der Waals surface area contributed by atoms with Gasteiger partial charge in [0, 0.05) is 75.3 Å². The lowest BCUT2D eigenvalue weighted by molar-refractivity contribution is -0.132. The second-order valence-corrected chi connectivity index (χ2v) is 24.6. The molecule has 0 bridgehead atoms. The lowest BCUT2D eigenvalue weighted by Crippen LogP contribution is -2.58. The second-order valence-electron chi connectivity index (χ2n) is 23.4. The average Bonchev–Trinajstić information content (AvgIpc) is 3.06. The van der Waals surface area contributed by atoms with Gasteiger partial charge in [-0.15, -0.1) is 0 Å². The van der Waals surface area contributed by atoms with E-state index in [9.17, 15) is 19.2 Å². The van der Waals surface area contributed by atoms with Crippen molar-refractivity contribution in [2.75, 3.05) is 88.3 Å². The molecule has 2 unspecified atom stereocenters. The van der Waals surface area contributed by atoms with Gasteiger partial charge in [-0.1, -0.05) is 136 Å². The third-order valence-electron chi connectivity index (χ3n) is 17.7. The van der Waals surface area contributed by atoms with Crippen molar-refractivity contribution in [2.45, 2.75) is 78.4 Å². The number of halogens is 3. The standard InChI is InChI=1S/C34H38ClN3O3.C31H36ClN3O2.C3H3ClO/c1-4-23-10-12-36(13-11-23)21-32-34(40)38(20-24-18-37(19-24)33(39)5-2)30-17-29(35)28(16-31(30)41-32)27-15-22(3)14-25-8-6-7-9-26(25)27;1-3-21-8-10-34(11-9-21)19-30-31(36)35(18-22-16-33-17-22)28-15-27(32)26(14-29(28)37-30)25-13-20(2)12-23-6-4-5-7-24(23)25;1-2-3(4)5/h5-9,14-17,23-24,32H,2,4,10-13,18-21H2,1,3H3;4-7,12-15,21-22,30,33H,3,8-11,16-19H2,1-2H3;2H,1H2. The summed E-state index contributed by atoms with van der Waals surface area (Å²) in [7, 11) is 0. The Hall–Kier alpha value is -6.25. The van der Waals surface area contributed by atoms with Gasteiger partial charge in [-0.25, -0.2) is 0 Å². The molecule has 0 aliphatic carbocycles. The second kappa shape index (κ2) is 26.8. The SMILES string of the molecule is C=CC(=O)Cl.C=CC(=O)N1CC(CN2C(=O)C(CN3CCC(CC)CC3)Oc3cc(-c4cc(C)cc5ccccc45)c(Cl)cc32)C1.CCC1CCN(CC2Oc3cc(-c4cc(C)cc5ccccc45)c(Cl)cc3N(CC3CNC3)C2=O)CC1. The molecule has 6 aromatic carbocycles. The van der Waals surface area contributed by atoms with Crippen LogP contribution in [0.4, 0.5) is 11.4 Å². The number of fused-ring (bicyclic) bond motifs is 4. The summed E-state index contributed by atoms with van der Waals surface area (Å²) < 4.78 is 13.0. The number of amides is 3. The Kier molecular flexibility index (Phi) is 19.3. The predicted octanol–water partition coefficient (Wildman–Crippen LogP) is 13.2. The van der Waals surface area contributed by atoms with Crippen molar-refractivity contribution < 1.29 is 28.7 Å². The zero-order valence-corrected chi connectivity index (χ0v) is 50.6. The van der Waals surface area contributed by atoms with E-state index < -0.39 is 17.5 Å². The molecule has 83 heavy (non-hydrogen) atoms. The number of piperidine rings is 2. The van der Waals surface area contributed by atoms with Crippen LogP contribution in [0.2, 0.25) is 10.0 Å². The van der Waals surface area contributed by atoms with Crippen molar-refractivity contribution in [1.29, 1.82) is 0 Å².